The van der Waals surface area contributed by atoms with Crippen molar-refractivity contribution in [3.05, 3.63) is 36.3 Å². The lowest BCUT2D eigenvalue weighted by molar-refractivity contribution is -0.143. The van der Waals surface area contributed by atoms with Gasteiger partial charge in [0.2, 0.25) is 0 Å². The summed E-state index contributed by atoms with van der Waals surface area (Å²) in [7, 11) is 0. The Balaban J connectivity index is 1.30. The topological polar surface area (TPSA) is 37.5 Å². The van der Waals surface area contributed by atoms with Crippen LogP contribution in [0.5, 0.6) is 0 Å². The summed E-state index contributed by atoms with van der Waals surface area (Å²) in [6.45, 7) is 7.28. The molecule has 1 N–H and O–H groups in total. The van der Waals surface area contributed by atoms with Crippen LogP contribution in [0.4, 0.5) is 0 Å². The molecular weight excluding hydrogens is 368 g/mol. The minimum atomic E-state index is -0.429. The monoisotopic (exact) mass is 406 g/mol. The van der Waals surface area contributed by atoms with E-state index in [-0.39, 0.29) is 0 Å². The predicted octanol–water partition coefficient (Wildman–Crippen LogP) is 6.21. The second-order valence-electron chi connectivity index (χ2n) is 12.2. The average molecular weight is 407 g/mol. The van der Waals surface area contributed by atoms with Crippen molar-refractivity contribution in [2.75, 3.05) is 0 Å². The third-order valence-electron chi connectivity index (χ3n) is 10.7. The summed E-state index contributed by atoms with van der Waals surface area (Å²) in [6.07, 6.45) is 15.8. The van der Waals surface area contributed by atoms with Crippen LogP contribution >= 0.6 is 0 Å². The molecule has 4 aliphatic rings. The van der Waals surface area contributed by atoms with E-state index in [0.29, 0.717) is 16.7 Å². The van der Waals surface area contributed by atoms with Crippen molar-refractivity contribution in [1.29, 1.82) is 0 Å². The van der Waals surface area contributed by atoms with Gasteiger partial charge in [0.25, 0.3) is 0 Å². The number of aliphatic hydroxyl groups is 1. The fourth-order valence-corrected chi connectivity index (χ4v) is 9.04. The van der Waals surface area contributed by atoms with E-state index in [1.807, 2.05) is 0 Å². The van der Waals surface area contributed by atoms with Crippen LogP contribution in [0.25, 0.3) is 5.65 Å². The quantitative estimate of drug-likeness (QED) is 0.611. The minimum absolute atomic E-state index is 0.405. The van der Waals surface area contributed by atoms with E-state index >= 15 is 0 Å². The normalized spacial score (nSPS) is 48.2. The van der Waals surface area contributed by atoms with Gasteiger partial charge >= 0.3 is 0 Å². The first-order valence-electron chi connectivity index (χ1n) is 12.5. The summed E-state index contributed by atoms with van der Waals surface area (Å²) in [5, 5.41) is 10.7. The van der Waals surface area contributed by atoms with Crippen molar-refractivity contribution in [3.8, 4) is 0 Å². The van der Waals surface area contributed by atoms with Gasteiger partial charge in [-0.1, -0.05) is 19.9 Å². The zero-order chi connectivity index (χ0) is 20.7. The number of pyridine rings is 1. The molecule has 8 atom stereocenters. The van der Waals surface area contributed by atoms with Gasteiger partial charge in [0.05, 0.1) is 11.3 Å². The predicted molar refractivity (Wildman–Crippen MR) is 120 cm³/mol. The number of fused-ring (bicyclic) bond motifs is 6. The Morgan fingerprint density at radius 2 is 1.77 bits per heavy atom. The molecule has 1 unspecified atom stereocenters. The van der Waals surface area contributed by atoms with Crippen LogP contribution < -0.4 is 0 Å². The highest BCUT2D eigenvalue weighted by Crippen LogP contribution is 2.69. The van der Waals surface area contributed by atoms with Gasteiger partial charge in [-0.05, 0) is 111 Å². The van der Waals surface area contributed by atoms with Crippen LogP contribution in [-0.2, 0) is 0 Å². The van der Waals surface area contributed by atoms with E-state index in [4.69, 9.17) is 4.98 Å². The zero-order valence-electron chi connectivity index (χ0n) is 19.0. The van der Waals surface area contributed by atoms with E-state index < -0.39 is 5.60 Å². The number of nitrogens with zero attached hydrogens (tertiary/aromatic N) is 2. The van der Waals surface area contributed by atoms with Gasteiger partial charge in [-0.25, -0.2) is 4.98 Å². The molecule has 0 bridgehead atoms. The summed E-state index contributed by atoms with van der Waals surface area (Å²) in [6, 6.07) is 6.33. The molecule has 3 nitrogen and oxygen atoms in total. The lowest BCUT2D eigenvalue weighted by Gasteiger charge is -2.61. The van der Waals surface area contributed by atoms with Crippen molar-refractivity contribution in [2.24, 2.45) is 34.5 Å². The van der Waals surface area contributed by atoms with Gasteiger partial charge in [0.1, 0.15) is 5.65 Å². The molecule has 0 amide bonds. The van der Waals surface area contributed by atoms with Crippen LogP contribution in [0.3, 0.4) is 0 Å². The summed E-state index contributed by atoms with van der Waals surface area (Å²) >= 11 is 0. The second kappa shape index (κ2) is 6.34. The lowest BCUT2D eigenvalue weighted by Crippen LogP contribution is -2.55. The molecule has 162 valence electrons. The Bertz CT molecular complexity index is 930. The van der Waals surface area contributed by atoms with Crippen LogP contribution in [0.1, 0.15) is 90.2 Å². The van der Waals surface area contributed by atoms with Crippen molar-refractivity contribution >= 4 is 5.65 Å². The number of hydrogen-bond acceptors (Lipinski definition) is 2. The minimum Gasteiger partial charge on any atom is -0.390 e. The summed E-state index contributed by atoms with van der Waals surface area (Å²) in [5.41, 5.74) is 2.85. The lowest BCUT2D eigenvalue weighted by atomic mass is 9.44. The molecule has 4 saturated carbocycles. The third kappa shape index (κ3) is 2.63. The Kier molecular flexibility index (Phi) is 4.09. The third-order valence-corrected chi connectivity index (χ3v) is 10.7. The number of hydrogen-bond donors (Lipinski definition) is 1. The van der Waals surface area contributed by atoms with Crippen molar-refractivity contribution in [1.82, 2.24) is 9.38 Å². The summed E-state index contributed by atoms with van der Waals surface area (Å²) in [4.78, 5) is 5.07. The van der Waals surface area contributed by atoms with Gasteiger partial charge in [-0.3, -0.25) is 0 Å². The summed E-state index contributed by atoms with van der Waals surface area (Å²) in [5.74, 6) is 3.94. The molecule has 4 fully saturated rings. The standard InChI is InChI=1S/C27H38N2O/c1-25(30)13-14-26(2)18(16-25)7-8-19-20-9-10-22(27(20,3)12-11-21(19)26)23-17-29-15-5-4-6-24(29)28-23/h4-6,15,17-22,30H,7-14,16H2,1-3H3/t18-,19?,20+,21+,22-,25-,26+,27+/m1/s1. The molecule has 0 saturated heterocycles. The first-order valence-corrected chi connectivity index (χ1v) is 12.5. The Hall–Kier alpha value is -1.35. The maximum absolute atomic E-state index is 10.7. The molecule has 3 heteroatoms. The van der Waals surface area contributed by atoms with E-state index in [1.54, 1.807) is 0 Å². The van der Waals surface area contributed by atoms with Gasteiger partial charge in [0.15, 0.2) is 0 Å². The summed E-state index contributed by atoms with van der Waals surface area (Å²) < 4.78 is 2.21. The first-order chi connectivity index (χ1) is 14.3. The van der Waals surface area contributed by atoms with Gasteiger partial charge in [0, 0.05) is 18.3 Å². The molecule has 0 aromatic carbocycles. The van der Waals surface area contributed by atoms with Gasteiger partial charge < -0.3 is 9.51 Å². The van der Waals surface area contributed by atoms with E-state index in [0.717, 1.165) is 42.2 Å². The SMILES string of the molecule is C[C@@]1(O)CC[C@@]2(C)[C@H](CCC3[C@@H]2CC[C@]2(C)[C@@H](c4cn5ccccc5n4)CC[C@@H]32)C1. The Morgan fingerprint density at radius 3 is 2.60 bits per heavy atom. The molecule has 30 heavy (non-hydrogen) atoms. The number of aromatic nitrogens is 2. The molecule has 4 aliphatic carbocycles. The van der Waals surface area contributed by atoms with Gasteiger partial charge in [-0.15, -0.1) is 0 Å². The smallest absolute Gasteiger partial charge is 0.136 e. The maximum atomic E-state index is 10.7. The Labute approximate surface area is 181 Å². The van der Waals surface area contributed by atoms with Crippen LogP contribution in [0.15, 0.2) is 30.6 Å². The number of imidazole rings is 1. The molecule has 2 heterocycles. The van der Waals surface area contributed by atoms with Crippen LogP contribution in [0, 0.1) is 34.5 Å². The zero-order valence-corrected chi connectivity index (χ0v) is 19.0. The maximum Gasteiger partial charge on any atom is 0.136 e. The van der Waals surface area contributed by atoms with Crippen molar-refractivity contribution < 1.29 is 5.11 Å². The average Bonchev–Trinajstić information content (AvgIpc) is 3.28. The highest BCUT2D eigenvalue weighted by atomic mass is 16.3. The molecule has 2 aromatic rings. The Morgan fingerprint density at radius 1 is 0.933 bits per heavy atom. The van der Waals surface area contributed by atoms with Crippen LogP contribution in [0.2, 0.25) is 0 Å². The second-order valence-corrected chi connectivity index (χ2v) is 12.2. The van der Waals surface area contributed by atoms with E-state index in [9.17, 15) is 5.11 Å². The first kappa shape index (κ1) is 19.3. The fourth-order valence-electron chi connectivity index (χ4n) is 9.04. The van der Waals surface area contributed by atoms with Crippen LogP contribution in [-0.4, -0.2) is 20.1 Å². The van der Waals surface area contributed by atoms with Crippen molar-refractivity contribution in [3.63, 3.8) is 0 Å². The molecule has 6 rings (SSSR count). The van der Waals surface area contributed by atoms with E-state index in [1.165, 1.54) is 50.6 Å². The molecule has 0 aliphatic heterocycles. The fraction of sp³-hybridized carbons (Fsp3) is 0.741. The molecule has 0 radical (unpaired) electrons. The van der Waals surface area contributed by atoms with Crippen molar-refractivity contribution in [2.45, 2.75) is 90.1 Å². The number of rotatable bonds is 1. The van der Waals surface area contributed by atoms with E-state index in [2.05, 4.69) is 55.8 Å². The molecular formula is C27H38N2O. The largest absolute Gasteiger partial charge is 0.390 e. The highest BCUT2D eigenvalue weighted by Gasteiger charge is 2.61. The van der Waals surface area contributed by atoms with Gasteiger partial charge in [-0.2, -0.15) is 0 Å². The molecule has 0 spiro atoms. The molecule has 2 aromatic heterocycles. The highest BCUT2D eigenvalue weighted by molar-refractivity contribution is 5.40.